The highest BCUT2D eigenvalue weighted by atomic mass is 32.2. The molecule has 0 aliphatic carbocycles. The highest BCUT2D eigenvalue weighted by Crippen LogP contribution is 2.34. The predicted octanol–water partition coefficient (Wildman–Crippen LogP) is 4.67. The molecule has 28 heavy (non-hydrogen) atoms. The number of ether oxygens (including phenoxy) is 3. The third kappa shape index (κ3) is 5.11. The van der Waals surface area contributed by atoms with E-state index in [1.807, 2.05) is 54.8 Å². The largest absolute Gasteiger partial charge is 0.497 e. The normalized spacial score (nSPS) is 11.8. The van der Waals surface area contributed by atoms with Gasteiger partial charge in [0.1, 0.15) is 10.8 Å². The van der Waals surface area contributed by atoms with Gasteiger partial charge in [-0.2, -0.15) is 0 Å². The molecule has 0 spiro atoms. The number of methoxy groups -OCH3 is 2. The summed E-state index contributed by atoms with van der Waals surface area (Å²) in [5, 5.41) is 2.83. The van der Waals surface area contributed by atoms with Crippen LogP contribution < -0.4 is 14.2 Å². The van der Waals surface area contributed by atoms with Crippen LogP contribution in [0.1, 0.15) is 18.2 Å². The molecule has 1 aromatic heterocycles. The van der Waals surface area contributed by atoms with E-state index in [0.29, 0.717) is 29.6 Å². The average molecular weight is 418 g/mol. The summed E-state index contributed by atoms with van der Waals surface area (Å²) in [4.78, 5) is 4.65. The zero-order valence-corrected chi connectivity index (χ0v) is 17.8. The number of nitrogens with zero attached hydrogens (tertiary/aromatic N) is 1. The first-order valence-corrected chi connectivity index (χ1v) is 11.2. The Bertz CT molecular complexity index is 955. The minimum absolute atomic E-state index is 0.419. The van der Waals surface area contributed by atoms with Crippen LogP contribution in [-0.2, 0) is 22.3 Å². The zero-order chi connectivity index (χ0) is 19.9. The monoisotopic (exact) mass is 417 g/mol. The molecule has 2 aromatic carbocycles. The highest BCUT2D eigenvalue weighted by molar-refractivity contribution is 7.83. The smallest absolute Gasteiger partial charge is 0.161 e. The van der Waals surface area contributed by atoms with E-state index < -0.39 is 10.8 Å². The molecule has 0 saturated heterocycles. The summed E-state index contributed by atoms with van der Waals surface area (Å²) in [6, 6.07) is 13.4. The minimum atomic E-state index is -1.04. The van der Waals surface area contributed by atoms with Crippen molar-refractivity contribution in [3.8, 4) is 27.8 Å². The summed E-state index contributed by atoms with van der Waals surface area (Å²) < 4.78 is 28.7. The molecule has 0 saturated carbocycles. The predicted molar refractivity (Wildman–Crippen MR) is 114 cm³/mol. The number of thiazole rings is 1. The Hall–Kier alpha value is -2.38. The lowest BCUT2D eigenvalue weighted by Crippen LogP contribution is -2.00. The van der Waals surface area contributed by atoms with Crippen molar-refractivity contribution >= 4 is 22.1 Å². The van der Waals surface area contributed by atoms with Crippen molar-refractivity contribution in [2.45, 2.75) is 18.4 Å². The van der Waals surface area contributed by atoms with Crippen LogP contribution >= 0.6 is 11.3 Å². The molecule has 1 atom stereocenters. The van der Waals surface area contributed by atoms with Gasteiger partial charge < -0.3 is 14.2 Å². The molecule has 7 heteroatoms. The van der Waals surface area contributed by atoms with Crippen LogP contribution in [0.2, 0.25) is 0 Å². The summed E-state index contributed by atoms with van der Waals surface area (Å²) in [7, 11) is 2.21. The minimum Gasteiger partial charge on any atom is -0.497 e. The molecule has 1 heterocycles. The number of hydrogen-bond donors (Lipinski definition) is 0. The van der Waals surface area contributed by atoms with Crippen LogP contribution in [0.5, 0.6) is 17.2 Å². The molecular weight excluding hydrogens is 394 g/mol. The van der Waals surface area contributed by atoms with Crippen LogP contribution in [0.3, 0.4) is 0 Å². The van der Waals surface area contributed by atoms with Crippen molar-refractivity contribution in [1.29, 1.82) is 0 Å². The molecule has 0 aliphatic heterocycles. The lowest BCUT2D eigenvalue weighted by molar-refractivity contribution is 0.311. The van der Waals surface area contributed by atoms with E-state index in [9.17, 15) is 4.21 Å². The van der Waals surface area contributed by atoms with Gasteiger partial charge in [0.15, 0.2) is 11.5 Å². The average Bonchev–Trinajstić information content (AvgIpc) is 3.16. The van der Waals surface area contributed by atoms with E-state index in [4.69, 9.17) is 14.2 Å². The molecule has 3 rings (SSSR count). The first kappa shape index (κ1) is 20.4. The van der Waals surface area contributed by atoms with Gasteiger partial charge in [0.05, 0.1) is 32.3 Å². The van der Waals surface area contributed by atoms with Gasteiger partial charge in [-0.3, -0.25) is 4.21 Å². The first-order chi connectivity index (χ1) is 13.6. The molecule has 0 fully saturated rings. The third-order valence-corrected chi connectivity index (χ3v) is 6.25. The summed E-state index contributed by atoms with van der Waals surface area (Å²) in [6.45, 7) is 2.52. The Morgan fingerprint density at radius 1 is 1.04 bits per heavy atom. The van der Waals surface area contributed by atoms with Gasteiger partial charge in [-0.1, -0.05) is 12.1 Å². The van der Waals surface area contributed by atoms with E-state index in [1.165, 1.54) is 11.3 Å². The van der Waals surface area contributed by atoms with E-state index in [-0.39, 0.29) is 0 Å². The standard InChI is InChI=1S/C21H23NO4S2/c1-4-26-19-9-8-16(11-20(19)25-3)21-22-17(12-27-21)14-28(23)13-15-6-5-7-18(10-15)24-2/h5-12H,4,13-14H2,1-3H3. The van der Waals surface area contributed by atoms with Gasteiger partial charge in [-0.05, 0) is 42.8 Å². The van der Waals surface area contributed by atoms with Gasteiger partial charge >= 0.3 is 0 Å². The van der Waals surface area contributed by atoms with E-state index in [1.54, 1.807) is 14.2 Å². The van der Waals surface area contributed by atoms with Gasteiger partial charge in [0.25, 0.3) is 0 Å². The Morgan fingerprint density at radius 3 is 2.64 bits per heavy atom. The molecular formula is C21H23NO4S2. The fourth-order valence-electron chi connectivity index (χ4n) is 2.75. The Balaban J connectivity index is 1.69. The second-order valence-electron chi connectivity index (χ2n) is 6.02. The molecule has 3 aromatic rings. The number of rotatable bonds is 9. The zero-order valence-electron chi connectivity index (χ0n) is 16.1. The quantitative estimate of drug-likeness (QED) is 0.506. The van der Waals surface area contributed by atoms with E-state index in [0.717, 1.165) is 27.6 Å². The highest BCUT2D eigenvalue weighted by Gasteiger charge is 2.12. The van der Waals surface area contributed by atoms with E-state index in [2.05, 4.69) is 4.98 Å². The molecule has 148 valence electrons. The van der Waals surface area contributed by atoms with Crippen molar-refractivity contribution in [1.82, 2.24) is 4.98 Å². The van der Waals surface area contributed by atoms with Crippen LogP contribution in [0, 0.1) is 0 Å². The van der Waals surface area contributed by atoms with Crippen LogP contribution in [0.4, 0.5) is 0 Å². The maximum Gasteiger partial charge on any atom is 0.161 e. The van der Waals surface area contributed by atoms with Crippen LogP contribution in [-0.4, -0.2) is 30.0 Å². The lowest BCUT2D eigenvalue weighted by Gasteiger charge is -2.09. The maximum absolute atomic E-state index is 12.5. The van der Waals surface area contributed by atoms with Gasteiger partial charge in [-0.25, -0.2) is 4.98 Å². The number of aromatic nitrogens is 1. The number of benzene rings is 2. The third-order valence-electron chi connectivity index (χ3n) is 4.03. The van der Waals surface area contributed by atoms with Gasteiger partial charge in [-0.15, -0.1) is 11.3 Å². The Morgan fingerprint density at radius 2 is 1.89 bits per heavy atom. The van der Waals surface area contributed by atoms with Crippen molar-refractivity contribution in [2.75, 3.05) is 20.8 Å². The van der Waals surface area contributed by atoms with Gasteiger partial charge in [0.2, 0.25) is 0 Å². The fourth-order valence-corrected chi connectivity index (χ4v) is 4.80. The van der Waals surface area contributed by atoms with Crippen molar-refractivity contribution in [2.24, 2.45) is 0 Å². The lowest BCUT2D eigenvalue weighted by atomic mass is 10.2. The maximum atomic E-state index is 12.5. The molecule has 0 bridgehead atoms. The molecule has 0 radical (unpaired) electrons. The Kier molecular flexibility index (Phi) is 7.06. The first-order valence-electron chi connectivity index (χ1n) is 8.86. The molecule has 5 nitrogen and oxygen atoms in total. The van der Waals surface area contributed by atoms with Crippen molar-refractivity contribution in [3.05, 3.63) is 59.1 Å². The summed E-state index contributed by atoms with van der Waals surface area (Å²) >= 11 is 1.53. The summed E-state index contributed by atoms with van der Waals surface area (Å²) in [5.74, 6) is 3.06. The van der Waals surface area contributed by atoms with Crippen molar-refractivity contribution in [3.63, 3.8) is 0 Å². The second kappa shape index (κ2) is 9.71. The molecule has 0 amide bonds. The van der Waals surface area contributed by atoms with Crippen molar-refractivity contribution < 1.29 is 18.4 Å². The van der Waals surface area contributed by atoms with E-state index >= 15 is 0 Å². The fraction of sp³-hybridized carbons (Fsp3) is 0.286. The summed E-state index contributed by atoms with van der Waals surface area (Å²) in [5.41, 5.74) is 2.77. The molecule has 1 unspecified atom stereocenters. The van der Waals surface area contributed by atoms with Crippen LogP contribution in [0.25, 0.3) is 10.6 Å². The SMILES string of the molecule is CCOc1ccc(-c2nc(CS(=O)Cc3cccc(OC)c3)cs2)cc1OC. The molecule has 0 aliphatic rings. The molecule has 0 N–H and O–H groups in total. The summed E-state index contributed by atoms with van der Waals surface area (Å²) in [6.07, 6.45) is 0. The number of hydrogen-bond acceptors (Lipinski definition) is 6. The second-order valence-corrected chi connectivity index (χ2v) is 8.34. The van der Waals surface area contributed by atoms with Gasteiger partial charge in [0, 0.05) is 27.5 Å². The Labute approximate surface area is 171 Å². The van der Waals surface area contributed by atoms with Crippen LogP contribution in [0.15, 0.2) is 47.8 Å². The topological polar surface area (TPSA) is 57.7 Å².